The number of benzene rings is 1. The van der Waals surface area contributed by atoms with Crippen molar-refractivity contribution in [3.8, 4) is 0 Å². The highest BCUT2D eigenvalue weighted by Crippen LogP contribution is 2.33. The second-order valence-electron chi connectivity index (χ2n) is 5.96. The van der Waals surface area contributed by atoms with Crippen LogP contribution in [0.2, 0.25) is 0 Å². The van der Waals surface area contributed by atoms with E-state index in [1.165, 1.54) is 0 Å². The summed E-state index contributed by atoms with van der Waals surface area (Å²) in [5, 5.41) is 8.28. The van der Waals surface area contributed by atoms with Crippen LogP contribution in [0.3, 0.4) is 0 Å². The summed E-state index contributed by atoms with van der Waals surface area (Å²) >= 11 is 3.86. The van der Waals surface area contributed by atoms with E-state index in [-0.39, 0.29) is 11.0 Å². The molecule has 0 heterocycles. The Hall–Kier alpha value is -1.34. The molecular formula is C17H21BrO5S. The Morgan fingerprint density at radius 1 is 1.12 bits per heavy atom. The molecule has 24 heavy (non-hydrogen) atoms. The minimum absolute atomic E-state index is 0.201. The fraction of sp³-hybridized carbons (Fsp3) is 0.471. The van der Waals surface area contributed by atoms with Gasteiger partial charge in [-0.15, -0.1) is 0 Å². The maximum atomic E-state index is 12.5. The van der Waals surface area contributed by atoms with E-state index in [1.54, 1.807) is 58.0 Å². The maximum absolute atomic E-state index is 12.5. The summed E-state index contributed by atoms with van der Waals surface area (Å²) < 4.78 is 3.41. The maximum Gasteiger partial charge on any atom is 0.359 e. The van der Waals surface area contributed by atoms with Crippen LogP contribution in [-0.4, -0.2) is 31.9 Å². The third-order valence-corrected chi connectivity index (χ3v) is 6.22. The van der Waals surface area contributed by atoms with Crippen LogP contribution in [0.5, 0.6) is 0 Å². The minimum Gasteiger partial charge on any atom is -0.478 e. The van der Waals surface area contributed by atoms with Crippen molar-refractivity contribution < 1.29 is 24.2 Å². The summed E-state index contributed by atoms with van der Waals surface area (Å²) in [6.45, 7) is 6.82. The van der Waals surface area contributed by atoms with Gasteiger partial charge in [0.05, 0.1) is 0 Å². The zero-order chi connectivity index (χ0) is 18.5. The van der Waals surface area contributed by atoms with Crippen molar-refractivity contribution in [2.45, 2.75) is 37.5 Å². The third-order valence-electron chi connectivity index (χ3n) is 3.36. The van der Waals surface area contributed by atoms with Gasteiger partial charge in [-0.25, -0.2) is 4.79 Å². The lowest BCUT2D eigenvalue weighted by molar-refractivity contribution is -0.170. The summed E-state index contributed by atoms with van der Waals surface area (Å²) in [5.74, 6) is -2.70. The van der Waals surface area contributed by atoms with E-state index < -0.39 is 27.6 Å². The number of aliphatic carboxylic acids is 1. The first-order valence-electron chi connectivity index (χ1n) is 7.50. The zero-order valence-corrected chi connectivity index (χ0v) is 16.4. The number of rotatable bonds is 7. The molecule has 0 aliphatic heterocycles. The first-order valence-corrected chi connectivity index (χ1v) is 9.18. The number of thioether (sulfide) groups is 1. The second kappa shape index (κ2) is 8.67. The molecule has 1 N–H and O–H groups in total. The van der Waals surface area contributed by atoms with E-state index in [4.69, 9.17) is 4.74 Å². The quantitative estimate of drug-likeness (QED) is 0.534. The lowest BCUT2D eigenvalue weighted by Crippen LogP contribution is -2.44. The molecule has 0 amide bonds. The molecule has 132 valence electrons. The average molecular weight is 417 g/mol. The number of alkyl halides is 1. The van der Waals surface area contributed by atoms with E-state index >= 15 is 0 Å². The first kappa shape index (κ1) is 20.7. The molecule has 0 fully saturated rings. The molecule has 1 rings (SSSR count). The Kier molecular flexibility index (Phi) is 7.48. The summed E-state index contributed by atoms with van der Waals surface area (Å²) in [4.78, 5) is 36.2. The SMILES string of the molecule is CC(C)[C@H](SC(=O)c1ccccc1)C(=O)O[C@](Br)(C(=O)O)C(C)C. The molecule has 0 saturated carbocycles. The highest BCUT2D eigenvalue weighted by atomic mass is 79.9. The smallest absolute Gasteiger partial charge is 0.359 e. The van der Waals surface area contributed by atoms with Gasteiger partial charge in [-0.1, -0.05) is 69.8 Å². The Bertz CT molecular complexity index is 602. The first-order chi connectivity index (χ1) is 11.1. The average Bonchev–Trinajstić information content (AvgIpc) is 2.52. The Morgan fingerprint density at radius 3 is 2.08 bits per heavy atom. The summed E-state index contributed by atoms with van der Waals surface area (Å²) in [7, 11) is 0. The van der Waals surface area contributed by atoms with Crippen molar-refractivity contribution in [1.82, 2.24) is 0 Å². The number of ether oxygens (including phenoxy) is 1. The van der Waals surface area contributed by atoms with Gasteiger partial charge in [0.15, 0.2) is 0 Å². The third kappa shape index (κ3) is 5.08. The van der Waals surface area contributed by atoms with Crippen molar-refractivity contribution in [2.75, 3.05) is 0 Å². The number of carbonyl (C=O) groups excluding carboxylic acids is 2. The van der Waals surface area contributed by atoms with Crippen molar-refractivity contribution in [1.29, 1.82) is 0 Å². The van der Waals surface area contributed by atoms with E-state index in [0.29, 0.717) is 5.56 Å². The predicted molar refractivity (Wildman–Crippen MR) is 97.2 cm³/mol. The van der Waals surface area contributed by atoms with Gasteiger partial charge < -0.3 is 9.84 Å². The van der Waals surface area contributed by atoms with Crippen molar-refractivity contribution >= 4 is 44.7 Å². The van der Waals surface area contributed by atoms with E-state index in [9.17, 15) is 19.5 Å². The van der Waals surface area contributed by atoms with Crippen molar-refractivity contribution in [3.05, 3.63) is 35.9 Å². The predicted octanol–water partition coefficient (Wildman–Crippen LogP) is 3.96. The molecule has 0 aromatic heterocycles. The Balaban J connectivity index is 2.94. The van der Waals surface area contributed by atoms with Gasteiger partial charge in [-0.2, -0.15) is 0 Å². The van der Waals surface area contributed by atoms with Gasteiger partial charge in [0.1, 0.15) is 5.25 Å². The zero-order valence-electron chi connectivity index (χ0n) is 14.0. The van der Waals surface area contributed by atoms with Crippen LogP contribution < -0.4 is 0 Å². The van der Waals surface area contributed by atoms with Crippen LogP contribution in [0.4, 0.5) is 0 Å². The molecule has 7 heteroatoms. The number of esters is 1. The van der Waals surface area contributed by atoms with Gasteiger partial charge in [-0.3, -0.25) is 9.59 Å². The molecule has 0 saturated heterocycles. The normalized spacial score (nSPS) is 15.0. The number of halogens is 1. The molecule has 1 aromatic rings. The van der Waals surface area contributed by atoms with E-state index in [0.717, 1.165) is 11.8 Å². The minimum atomic E-state index is -1.81. The highest BCUT2D eigenvalue weighted by Gasteiger charge is 2.45. The lowest BCUT2D eigenvalue weighted by Gasteiger charge is -2.29. The lowest BCUT2D eigenvalue weighted by atomic mass is 10.1. The molecule has 5 nitrogen and oxygen atoms in total. The molecular weight excluding hydrogens is 396 g/mol. The van der Waals surface area contributed by atoms with Gasteiger partial charge in [0, 0.05) is 11.5 Å². The van der Waals surface area contributed by atoms with Crippen LogP contribution in [0.1, 0.15) is 38.1 Å². The van der Waals surface area contributed by atoms with Crippen LogP contribution in [0, 0.1) is 11.8 Å². The topological polar surface area (TPSA) is 80.7 Å². The van der Waals surface area contributed by atoms with E-state index in [1.807, 2.05) is 0 Å². The van der Waals surface area contributed by atoms with Gasteiger partial charge in [0.2, 0.25) is 5.12 Å². The molecule has 0 aliphatic rings. The highest BCUT2D eigenvalue weighted by molar-refractivity contribution is 9.10. The van der Waals surface area contributed by atoms with Gasteiger partial charge >= 0.3 is 11.9 Å². The number of hydrogen-bond acceptors (Lipinski definition) is 5. The number of hydrogen-bond donors (Lipinski definition) is 1. The number of carbonyl (C=O) groups is 3. The monoisotopic (exact) mass is 416 g/mol. The molecule has 0 aliphatic carbocycles. The summed E-state index contributed by atoms with van der Waals surface area (Å²) in [6.07, 6.45) is 0. The van der Waals surface area contributed by atoms with E-state index in [2.05, 4.69) is 15.9 Å². The van der Waals surface area contributed by atoms with Crippen LogP contribution in [-0.2, 0) is 14.3 Å². The molecule has 0 bridgehead atoms. The van der Waals surface area contributed by atoms with Crippen LogP contribution in [0.15, 0.2) is 30.3 Å². The largest absolute Gasteiger partial charge is 0.478 e. The number of carboxylic acids is 1. The standard InChI is InChI=1S/C17H21BrO5S/c1-10(2)13(24-15(20)12-8-6-5-7-9-12)14(19)23-17(18,11(3)4)16(21)22/h5-11,13H,1-4H3,(H,21,22)/t13-,17-/m0/s1. The van der Waals surface area contributed by atoms with Gasteiger partial charge in [-0.05, 0) is 21.8 Å². The van der Waals surface area contributed by atoms with Crippen molar-refractivity contribution in [2.24, 2.45) is 11.8 Å². The van der Waals surface area contributed by atoms with Crippen LogP contribution >= 0.6 is 27.7 Å². The molecule has 0 spiro atoms. The summed E-state index contributed by atoms with van der Waals surface area (Å²) in [5.41, 5.74) is 0.480. The Morgan fingerprint density at radius 2 is 1.67 bits per heavy atom. The fourth-order valence-electron chi connectivity index (χ4n) is 1.83. The second-order valence-corrected chi connectivity index (χ2v) is 8.25. The van der Waals surface area contributed by atoms with Crippen LogP contribution in [0.25, 0.3) is 0 Å². The van der Waals surface area contributed by atoms with Gasteiger partial charge in [0.25, 0.3) is 4.51 Å². The Labute approximate surface area is 154 Å². The molecule has 1 aromatic carbocycles. The summed E-state index contributed by atoms with van der Waals surface area (Å²) in [6, 6.07) is 8.60. The van der Waals surface area contributed by atoms with Crippen molar-refractivity contribution in [3.63, 3.8) is 0 Å². The molecule has 0 radical (unpaired) electrons. The number of carboxylic acid groups (broad SMARTS) is 1. The fourth-order valence-corrected chi connectivity index (χ4v) is 2.91. The molecule has 0 unspecified atom stereocenters. The molecule has 2 atom stereocenters.